The molecule has 0 bridgehead atoms. The first-order valence-corrected chi connectivity index (χ1v) is 10.6. The zero-order valence-corrected chi connectivity index (χ0v) is 17.9. The lowest BCUT2D eigenvalue weighted by molar-refractivity contribution is -0.121. The van der Waals surface area contributed by atoms with Crippen LogP contribution < -0.4 is 16.4 Å². The number of fused-ring (bicyclic) bond motifs is 1. The molecule has 31 heavy (non-hydrogen) atoms. The van der Waals surface area contributed by atoms with Crippen molar-refractivity contribution in [2.45, 2.75) is 58.0 Å². The molecule has 8 heteroatoms. The SMILES string of the molecule is CC1=C(/C(C)=C2/C(=O)NC3(CCCCC3)N2C=O)Cc2cnc(C(N)=CC=N)cc2N1. The Bertz CT molecular complexity index is 1050. The van der Waals surface area contributed by atoms with Crippen molar-refractivity contribution in [3.8, 4) is 0 Å². The normalized spacial score (nSPS) is 22.1. The molecule has 0 aromatic carbocycles. The molecule has 162 valence electrons. The number of aromatic nitrogens is 1. The fourth-order valence-electron chi connectivity index (χ4n) is 4.89. The van der Waals surface area contributed by atoms with E-state index >= 15 is 0 Å². The number of nitrogens with one attached hydrogen (secondary N) is 3. The number of amides is 2. The molecule has 1 aliphatic carbocycles. The van der Waals surface area contributed by atoms with Crippen molar-refractivity contribution < 1.29 is 9.59 Å². The second kappa shape index (κ2) is 8.02. The van der Waals surface area contributed by atoms with Crippen LogP contribution in [0.3, 0.4) is 0 Å². The second-order valence-corrected chi connectivity index (χ2v) is 8.42. The second-order valence-electron chi connectivity index (χ2n) is 8.42. The first-order chi connectivity index (χ1) is 14.9. The lowest BCUT2D eigenvalue weighted by atomic mass is 9.88. The zero-order chi connectivity index (χ0) is 22.2. The Kier molecular flexibility index (Phi) is 5.39. The molecular weight excluding hydrogens is 392 g/mol. The minimum absolute atomic E-state index is 0.185. The largest absolute Gasteiger partial charge is 0.397 e. The van der Waals surface area contributed by atoms with Gasteiger partial charge in [0.25, 0.3) is 5.91 Å². The molecule has 1 aromatic rings. The van der Waals surface area contributed by atoms with Gasteiger partial charge in [-0.15, -0.1) is 0 Å². The Hall–Kier alpha value is -3.42. The number of hydrogen-bond acceptors (Lipinski definition) is 6. The molecule has 3 aliphatic rings. The van der Waals surface area contributed by atoms with Crippen LogP contribution in [0.1, 0.15) is 57.2 Å². The van der Waals surface area contributed by atoms with E-state index in [4.69, 9.17) is 11.1 Å². The molecule has 3 heterocycles. The molecule has 2 fully saturated rings. The molecule has 1 saturated heterocycles. The molecule has 5 N–H and O–H groups in total. The van der Waals surface area contributed by atoms with Crippen LogP contribution in [0.4, 0.5) is 5.69 Å². The Morgan fingerprint density at radius 1 is 1.32 bits per heavy atom. The minimum Gasteiger partial charge on any atom is -0.397 e. The van der Waals surface area contributed by atoms with E-state index in [0.29, 0.717) is 23.5 Å². The third-order valence-corrected chi connectivity index (χ3v) is 6.54. The van der Waals surface area contributed by atoms with E-state index in [-0.39, 0.29) is 5.91 Å². The molecule has 0 unspecified atom stereocenters. The van der Waals surface area contributed by atoms with Crippen LogP contribution in [0.15, 0.2) is 40.9 Å². The molecule has 4 rings (SSSR count). The van der Waals surface area contributed by atoms with E-state index < -0.39 is 5.66 Å². The highest BCUT2D eigenvalue weighted by atomic mass is 16.2. The monoisotopic (exact) mass is 420 g/mol. The van der Waals surface area contributed by atoms with Crippen molar-refractivity contribution >= 4 is 29.9 Å². The van der Waals surface area contributed by atoms with Gasteiger partial charge in [0.1, 0.15) is 11.4 Å². The fraction of sp³-hybridized carbons (Fsp3) is 0.391. The van der Waals surface area contributed by atoms with Gasteiger partial charge in [-0.25, -0.2) is 0 Å². The molecule has 1 spiro atoms. The van der Waals surface area contributed by atoms with Crippen molar-refractivity contribution in [1.29, 1.82) is 5.41 Å². The summed E-state index contributed by atoms with van der Waals surface area (Å²) in [6, 6.07) is 1.87. The lowest BCUT2D eigenvalue weighted by Crippen LogP contribution is -2.52. The smallest absolute Gasteiger partial charge is 0.270 e. The average Bonchev–Trinajstić information content (AvgIpc) is 3.03. The van der Waals surface area contributed by atoms with Gasteiger partial charge in [0.15, 0.2) is 0 Å². The van der Waals surface area contributed by atoms with Gasteiger partial charge < -0.3 is 21.8 Å². The first-order valence-electron chi connectivity index (χ1n) is 10.6. The average molecular weight is 421 g/mol. The number of allylic oxidation sites excluding steroid dienone is 4. The van der Waals surface area contributed by atoms with Crippen LogP contribution in [0.2, 0.25) is 0 Å². The number of hydrogen-bond donors (Lipinski definition) is 4. The maximum atomic E-state index is 13.0. The topological polar surface area (TPSA) is 124 Å². The van der Waals surface area contributed by atoms with Crippen LogP contribution in [0.25, 0.3) is 5.70 Å². The summed E-state index contributed by atoms with van der Waals surface area (Å²) in [5.41, 5.74) is 11.4. The highest BCUT2D eigenvalue weighted by Gasteiger charge is 2.49. The van der Waals surface area contributed by atoms with Gasteiger partial charge in [-0.2, -0.15) is 0 Å². The maximum Gasteiger partial charge on any atom is 0.270 e. The number of pyridine rings is 1. The van der Waals surface area contributed by atoms with Crippen LogP contribution >= 0.6 is 0 Å². The summed E-state index contributed by atoms with van der Waals surface area (Å²) in [6.07, 6.45) is 10.5. The van der Waals surface area contributed by atoms with Crippen LogP contribution in [-0.4, -0.2) is 34.1 Å². The highest BCUT2D eigenvalue weighted by Crippen LogP contribution is 2.40. The number of nitrogens with zero attached hydrogens (tertiary/aromatic N) is 2. The Morgan fingerprint density at radius 2 is 2.06 bits per heavy atom. The third kappa shape index (κ3) is 3.52. The van der Waals surface area contributed by atoms with E-state index in [1.165, 1.54) is 6.08 Å². The van der Waals surface area contributed by atoms with E-state index in [2.05, 4.69) is 15.6 Å². The molecule has 0 radical (unpaired) electrons. The van der Waals surface area contributed by atoms with Gasteiger partial charge in [-0.05, 0) is 68.4 Å². The van der Waals surface area contributed by atoms with E-state index in [0.717, 1.165) is 72.8 Å². The molecule has 2 aliphatic heterocycles. The molecule has 0 atom stereocenters. The Balaban J connectivity index is 1.70. The van der Waals surface area contributed by atoms with Gasteiger partial charge in [0.05, 0.1) is 11.4 Å². The van der Waals surface area contributed by atoms with Gasteiger partial charge in [-0.1, -0.05) is 6.42 Å². The number of carbonyl (C=O) groups excluding carboxylic acids is 2. The van der Waals surface area contributed by atoms with Crippen LogP contribution in [0, 0.1) is 5.41 Å². The quantitative estimate of drug-likeness (QED) is 0.339. The van der Waals surface area contributed by atoms with Crippen molar-refractivity contribution in [2.75, 3.05) is 5.32 Å². The van der Waals surface area contributed by atoms with Gasteiger partial charge in [0.2, 0.25) is 6.41 Å². The zero-order valence-electron chi connectivity index (χ0n) is 17.9. The summed E-state index contributed by atoms with van der Waals surface area (Å²) in [5.74, 6) is -0.185. The van der Waals surface area contributed by atoms with E-state index in [1.807, 2.05) is 19.9 Å². The minimum atomic E-state index is -0.586. The summed E-state index contributed by atoms with van der Waals surface area (Å²) < 4.78 is 0. The van der Waals surface area contributed by atoms with Crippen molar-refractivity contribution in [1.82, 2.24) is 15.2 Å². The number of anilines is 1. The molecular formula is C23H28N6O2. The summed E-state index contributed by atoms with van der Waals surface area (Å²) in [5, 5.41) is 13.7. The summed E-state index contributed by atoms with van der Waals surface area (Å²) in [4.78, 5) is 31.1. The fourth-order valence-corrected chi connectivity index (χ4v) is 4.89. The summed E-state index contributed by atoms with van der Waals surface area (Å²) >= 11 is 0. The predicted molar refractivity (Wildman–Crippen MR) is 120 cm³/mol. The van der Waals surface area contributed by atoms with Crippen LogP contribution in [0.5, 0.6) is 0 Å². The number of rotatable bonds is 4. The number of carbonyl (C=O) groups is 2. The van der Waals surface area contributed by atoms with Crippen molar-refractivity contribution in [3.63, 3.8) is 0 Å². The molecule has 1 saturated carbocycles. The van der Waals surface area contributed by atoms with Crippen molar-refractivity contribution in [2.24, 2.45) is 5.73 Å². The highest BCUT2D eigenvalue weighted by molar-refractivity contribution is 6.00. The van der Waals surface area contributed by atoms with Crippen LogP contribution in [-0.2, 0) is 16.0 Å². The Labute approximate surface area is 181 Å². The number of nitrogens with two attached hydrogens (primary N) is 1. The van der Waals surface area contributed by atoms with Gasteiger partial charge >= 0.3 is 0 Å². The standard InChI is InChI=1S/C23H28N6O2/c1-14(21-22(31)28-23(29(21)13-30)7-4-3-5-8-23)17-10-16-12-26-20(18(25)6-9-24)11-19(16)27-15(17)2/h6,9,11-13,24,27H,3-5,7-8,10,25H2,1-2H3,(H,28,31)/b18-6?,21-14-,24-9?. The van der Waals surface area contributed by atoms with E-state index in [9.17, 15) is 9.59 Å². The Morgan fingerprint density at radius 3 is 2.74 bits per heavy atom. The predicted octanol–water partition coefficient (Wildman–Crippen LogP) is 2.80. The summed E-state index contributed by atoms with van der Waals surface area (Å²) in [7, 11) is 0. The maximum absolute atomic E-state index is 13.0. The van der Waals surface area contributed by atoms with Crippen molar-refractivity contribution in [3.05, 3.63) is 52.1 Å². The molecule has 1 aromatic heterocycles. The first kappa shape index (κ1) is 20.8. The molecule has 2 amide bonds. The van der Waals surface area contributed by atoms with Gasteiger partial charge in [-0.3, -0.25) is 19.5 Å². The van der Waals surface area contributed by atoms with E-state index in [1.54, 1.807) is 11.1 Å². The summed E-state index contributed by atoms with van der Waals surface area (Å²) in [6.45, 7) is 3.87. The lowest BCUT2D eigenvalue weighted by Gasteiger charge is -2.38. The van der Waals surface area contributed by atoms with Gasteiger partial charge in [0, 0.05) is 30.2 Å². The molecule has 8 nitrogen and oxygen atoms in total. The third-order valence-electron chi connectivity index (χ3n) is 6.54.